The quantitative estimate of drug-likeness (QED) is 0.274. The molecular weight excluding hydrogens is 493 g/mol. The van der Waals surface area contributed by atoms with Gasteiger partial charge in [-0.2, -0.15) is 0 Å². The van der Waals surface area contributed by atoms with Crippen molar-refractivity contribution in [1.29, 1.82) is 0 Å². The van der Waals surface area contributed by atoms with Crippen LogP contribution in [-0.4, -0.2) is 27.9 Å². The number of carbonyl (C=O) groups is 1. The second kappa shape index (κ2) is 11.3. The minimum absolute atomic E-state index is 0.114. The van der Waals surface area contributed by atoms with Crippen LogP contribution in [0.4, 0.5) is 10.5 Å². The normalized spacial score (nSPS) is 10.7. The highest BCUT2D eigenvalue weighted by molar-refractivity contribution is 7.98. The molecule has 0 saturated carbocycles. The molecule has 1 heterocycles. The Morgan fingerprint density at radius 3 is 2.59 bits per heavy atom. The molecule has 0 saturated heterocycles. The molecule has 0 radical (unpaired) electrons. The third-order valence-corrected chi connectivity index (χ3v) is 6.38. The number of anilines is 1. The van der Waals surface area contributed by atoms with Crippen LogP contribution in [0.15, 0.2) is 78.0 Å². The highest BCUT2D eigenvalue weighted by atomic mass is 35.5. The Hall–Kier alpha value is -3.20. The number of amides is 2. The molecule has 4 rings (SSSR count). The lowest BCUT2D eigenvalue weighted by Crippen LogP contribution is -2.29. The van der Waals surface area contributed by atoms with Crippen LogP contribution in [0.2, 0.25) is 10.0 Å². The topological polar surface area (TPSA) is 81.1 Å². The molecular formula is C24H21Cl2N5O2S. The number of halogens is 2. The first-order valence-electron chi connectivity index (χ1n) is 10.3. The zero-order valence-corrected chi connectivity index (χ0v) is 20.5. The first kappa shape index (κ1) is 23.9. The number of nitrogens with one attached hydrogen (secondary N) is 2. The van der Waals surface area contributed by atoms with Gasteiger partial charge in [-0.15, -0.1) is 10.2 Å². The molecule has 3 aromatic carbocycles. The summed E-state index contributed by atoms with van der Waals surface area (Å²) < 4.78 is 7.09. The molecule has 2 N–H and O–H groups in total. The summed E-state index contributed by atoms with van der Waals surface area (Å²) in [5.74, 6) is 1.76. The summed E-state index contributed by atoms with van der Waals surface area (Å²) in [5, 5.41) is 15.9. The Labute approximate surface area is 211 Å². The first-order valence-corrected chi connectivity index (χ1v) is 12.0. The van der Waals surface area contributed by atoms with Gasteiger partial charge in [0, 0.05) is 10.8 Å². The number of hydrogen-bond acceptors (Lipinski definition) is 5. The lowest BCUT2D eigenvalue weighted by Gasteiger charge is -2.14. The summed E-state index contributed by atoms with van der Waals surface area (Å²) in [6.07, 6.45) is 0. The monoisotopic (exact) mass is 513 g/mol. The van der Waals surface area contributed by atoms with Gasteiger partial charge in [-0.25, -0.2) is 4.79 Å². The Morgan fingerprint density at radius 2 is 1.79 bits per heavy atom. The smallest absolute Gasteiger partial charge is 0.319 e. The second-order valence-corrected chi connectivity index (χ2v) is 8.90. The molecule has 0 atom stereocenters. The summed E-state index contributed by atoms with van der Waals surface area (Å²) in [5.41, 5.74) is 2.34. The molecule has 34 heavy (non-hydrogen) atoms. The molecule has 174 valence electrons. The van der Waals surface area contributed by atoms with Crippen molar-refractivity contribution in [2.75, 3.05) is 12.4 Å². The molecule has 0 aliphatic rings. The van der Waals surface area contributed by atoms with Crippen LogP contribution in [0.25, 0.3) is 5.69 Å². The average molecular weight is 514 g/mol. The summed E-state index contributed by atoms with van der Waals surface area (Å²) in [4.78, 5) is 12.6. The van der Waals surface area contributed by atoms with Crippen LogP contribution in [0, 0.1) is 0 Å². The molecule has 0 fully saturated rings. The van der Waals surface area contributed by atoms with Gasteiger partial charge in [0.25, 0.3) is 0 Å². The van der Waals surface area contributed by atoms with Gasteiger partial charge in [-0.3, -0.25) is 4.57 Å². The van der Waals surface area contributed by atoms with Crippen LogP contribution in [-0.2, 0) is 12.3 Å². The van der Waals surface area contributed by atoms with E-state index >= 15 is 0 Å². The Kier molecular flexibility index (Phi) is 7.95. The Balaban J connectivity index is 1.56. The van der Waals surface area contributed by atoms with Gasteiger partial charge in [0.2, 0.25) is 0 Å². The fourth-order valence-electron chi connectivity index (χ4n) is 3.20. The van der Waals surface area contributed by atoms with E-state index in [0.717, 1.165) is 5.56 Å². The third kappa shape index (κ3) is 5.83. The summed E-state index contributed by atoms with van der Waals surface area (Å²) >= 11 is 14.3. The number of methoxy groups -OCH3 is 1. The summed E-state index contributed by atoms with van der Waals surface area (Å²) in [7, 11) is 1.55. The van der Waals surface area contributed by atoms with Crippen molar-refractivity contribution in [3.63, 3.8) is 0 Å². The number of rotatable bonds is 8. The van der Waals surface area contributed by atoms with Crippen LogP contribution >= 0.6 is 35.0 Å². The number of hydrogen-bond donors (Lipinski definition) is 2. The lowest BCUT2D eigenvalue weighted by molar-refractivity contribution is 0.251. The Morgan fingerprint density at radius 1 is 1.03 bits per heavy atom. The van der Waals surface area contributed by atoms with E-state index in [2.05, 4.69) is 20.8 Å². The zero-order chi connectivity index (χ0) is 23.9. The molecule has 0 aliphatic carbocycles. The van der Waals surface area contributed by atoms with Gasteiger partial charge < -0.3 is 15.4 Å². The van der Waals surface area contributed by atoms with Crippen molar-refractivity contribution in [3.8, 4) is 11.4 Å². The van der Waals surface area contributed by atoms with Crippen LogP contribution in [0.1, 0.15) is 11.4 Å². The SMILES string of the molecule is COc1ccccc1NC(=O)NCc1nnc(SCc2ccccc2)n1-c1cc(Cl)ccc1Cl. The number of thioether (sulfide) groups is 1. The molecule has 4 aromatic rings. The van der Waals surface area contributed by atoms with Gasteiger partial charge >= 0.3 is 6.03 Å². The van der Waals surface area contributed by atoms with Gasteiger partial charge in [-0.05, 0) is 35.9 Å². The van der Waals surface area contributed by atoms with E-state index in [-0.39, 0.29) is 6.54 Å². The van der Waals surface area contributed by atoms with E-state index in [1.54, 1.807) is 37.4 Å². The van der Waals surface area contributed by atoms with Crippen LogP contribution < -0.4 is 15.4 Å². The third-order valence-electron chi connectivity index (χ3n) is 4.82. The van der Waals surface area contributed by atoms with Crippen molar-refractivity contribution in [2.45, 2.75) is 17.5 Å². The minimum atomic E-state index is -0.408. The fourth-order valence-corrected chi connectivity index (χ4v) is 4.49. The molecule has 1 aromatic heterocycles. The van der Waals surface area contributed by atoms with E-state index in [9.17, 15) is 4.79 Å². The maximum atomic E-state index is 12.6. The number of urea groups is 1. The van der Waals surface area contributed by atoms with Crippen molar-refractivity contribution in [1.82, 2.24) is 20.1 Å². The van der Waals surface area contributed by atoms with Gasteiger partial charge in [0.15, 0.2) is 11.0 Å². The highest BCUT2D eigenvalue weighted by Gasteiger charge is 2.18. The van der Waals surface area contributed by atoms with E-state index in [1.165, 1.54) is 11.8 Å². The predicted octanol–water partition coefficient (Wildman–Crippen LogP) is 6.20. The molecule has 7 nitrogen and oxygen atoms in total. The van der Waals surface area contributed by atoms with Crippen LogP contribution in [0.3, 0.4) is 0 Å². The molecule has 0 unspecified atom stereocenters. The van der Waals surface area contributed by atoms with Gasteiger partial charge in [0.05, 0.1) is 30.1 Å². The molecule has 2 amide bonds. The summed E-state index contributed by atoms with van der Waals surface area (Å²) in [6.45, 7) is 0.114. The number of aromatic nitrogens is 3. The van der Waals surface area contributed by atoms with Crippen molar-refractivity contribution in [3.05, 3.63) is 94.2 Å². The molecule has 0 aliphatic heterocycles. The van der Waals surface area contributed by atoms with E-state index in [1.807, 2.05) is 47.0 Å². The van der Waals surface area contributed by atoms with E-state index < -0.39 is 6.03 Å². The largest absolute Gasteiger partial charge is 0.495 e. The maximum Gasteiger partial charge on any atom is 0.319 e. The highest BCUT2D eigenvalue weighted by Crippen LogP contribution is 2.31. The molecule has 0 bridgehead atoms. The van der Waals surface area contributed by atoms with Crippen molar-refractivity contribution in [2.24, 2.45) is 0 Å². The average Bonchev–Trinajstić information content (AvgIpc) is 3.26. The van der Waals surface area contributed by atoms with Crippen molar-refractivity contribution >= 4 is 46.7 Å². The second-order valence-electron chi connectivity index (χ2n) is 7.11. The van der Waals surface area contributed by atoms with Crippen LogP contribution in [0.5, 0.6) is 5.75 Å². The number of benzene rings is 3. The Bertz CT molecular complexity index is 1280. The summed E-state index contributed by atoms with van der Waals surface area (Å²) in [6, 6.07) is 22.0. The first-order chi connectivity index (χ1) is 16.5. The van der Waals surface area contributed by atoms with E-state index in [0.29, 0.717) is 43.9 Å². The number of para-hydroxylation sites is 2. The minimum Gasteiger partial charge on any atom is -0.495 e. The number of nitrogens with zero attached hydrogens (tertiary/aromatic N) is 3. The number of carbonyl (C=O) groups excluding carboxylic acids is 1. The predicted molar refractivity (Wildman–Crippen MR) is 136 cm³/mol. The molecule has 10 heteroatoms. The number of ether oxygens (including phenoxy) is 1. The fraction of sp³-hybridized carbons (Fsp3) is 0.125. The zero-order valence-electron chi connectivity index (χ0n) is 18.2. The van der Waals surface area contributed by atoms with Gasteiger partial charge in [0.1, 0.15) is 5.75 Å². The molecule has 0 spiro atoms. The standard InChI is InChI=1S/C24H21Cl2N5O2S/c1-33-21-10-6-5-9-19(21)28-23(32)27-14-22-29-30-24(34-15-16-7-3-2-4-8-16)31(22)20-13-17(25)11-12-18(20)26/h2-13H,14-15H2,1H3,(H2,27,28,32). The van der Waals surface area contributed by atoms with Gasteiger partial charge in [-0.1, -0.05) is 77.4 Å². The van der Waals surface area contributed by atoms with E-state index in [4.69, 9.17) is 27.9 Å². The van der Waals surface area contributed by atoms with Crippen molar-refractivity contribution < 1.29 is 9.53 Å². The lowest BCUT2D eigenvalue weighted by atomic mass is 10.2. The maximum absolute atomic E-state index is 12.6.